The zero-order chi connectivity index (χ0) is 21.7. The molecule has 6 heteroatoms. The van der Waals surface area contributed by atoms with Crippen LogP contribution in [0.5, 0.6) is 0 Å². The fraction of sp³-hybridized carbons (Fsp3) is 0.458. The molecule has 1 N–H and O–H groups in total. The smallest absolute Gasteiger partial charge is 0.240 e. The number of benzene rings is 1. The lowest BCUT2D eigenvalue weighted by Crippen LogP contribution is -2.62. The molecular formula is C24H23N5O. The van der Waals surface area contributed by atoms with Gasteiger partial charge in [-0.1, -0.05) is 38.1 Å². The molecule has 150 valence electrons. The minimum absolute atomic E-state index is 0.184. The molecule has 1 aromatic rings. The van der Waals surface area contributed by atoms with E-state index in [2.05, 4.69) is 13.0 Å². The van der Waals surface area contributed by atoms with Crippen molar-refractivity contribution in [3.05, 3.63) is 41.5 Å². The van der Waals surface area contributed by atoms with Crippen molar-refractivity contribution in [2.24, 2.45) is 23.2 Å². The lowest BCUT2D eigenvalue weighted by Gasteiger charge is -2.51. The second kappa shape index (κ2) is 6.82. The third kappa shape index (κ3) is 2.16. The summed E-state index contributed by atoms with van der Waals surface area (Å²) in [6.07, 6.45) is 3.93. The van der Waals surface area contributed by atoms with Gasteiger partial charge in [0.2, 0.25) is 11.3 Å². The molecule has 6 nitrogen and oxygen atoms in total. The topological polar surface area (TPSA) is 116 Å². The first-order valence-electron chi connectivity index (χ1n) is 10.4. The zero-order valence-corrected chi connectivity index (χ0v) is 17.1. The van der Waals surface area contributed by atoms with Crippen molar-refractivity contribution in [3.8, 4) is 18.2 Å². The van der Waals surface area contributed by atoms with E-state index in [1.165, 1.54) is 0 Å². The summed E-state index contributed by atoms with van der Waals surface area (Å²) in [5, 5.41) is 39.1. The maximum absolute atomic E-state index is 14.1. The van der Waals surface area contributed by atoms with Crippen molar-refractivity contribution in [1.29, 1.82) is 21.2 Å². The monoisotopic (exact) mass is 397 g/mol. The molecule has 1 unspecified atom stereocenters. The van der Waals surface area contributed by atoms with E-state index in [0.29, 0.717) is 25.0 Å². The molecule has 0 saturated heterocycles. The Morgan fingerprint density at radius 1 is 1.23 bits per heavy atom. The molecule has 1 spiro atoms. The maximum atomic E-state index is 14.1. The van der Waals surface area contributed by atoms with Crippen LogP contribution in [-0.4, -0.2) is 18.2 Å². The number of nitrogens with one attached hydrogen (secondary N) is 1. The van der Waals surface area contributed by atoms with Gasteiger partial charge in [0.25, 0.3) is 0 Å². The average molecular weight is 397 g/mol. The van der Waals surface area contributed by atoms with Gasteiger partial charge < -0.3 is 10.3 Å². The van der Waals surface area contributed by atoms with Crippen LogP contribution < -0.4 is 4.90 Å². The Bertz CT molecular complexity index is 1080. The van der Waals surface area contributed by atoms with E-state index in [0.717, 1.165) is 17.7 Å². The maximum Gasteiger partial charge on any atom is 0.240 e. The highest BCUT2D eigenvalue weighted by atomic mass is 16.2. The third-order valence-corrected chi connectivity index (χ3v) is 7.04. The van der Waals surface area contributed by atoms with Crippen LogP contribution in [0.25, 0.3) is 0 Å². The molecule has 1 aromatic carbocycles. The number of hydrogen-bond acceptors (Lipinski definition) is 5. The molecule has 4 rings (SSSR count). The minimum atomic E-state index is -1.79. The van der Waals surface area contributed by atoms with Crippen LogP contribution in [0.4, 0.5) is 5.69 Å². The number of hydrogen-bond donors (Lipinski definition) is 1. The van der Waals surface area contributed by atoms with Gasteiger partial charge in [-0.05, 0) is 42.4 Å². The normalized spacial score (nSPS) is 31.2. The van der Waals surface area contributed by atoms with Gasteiger partial charge in [-0.2, -0.15) is 15.8 Å². The Labute approximate surface area is 176 Å². The summed E-state index contributed by atoms with van der Waals surface area (Å²) < 4.78 is 0. The average Bonchev–Trinajstić information content (AvgIpc) is 3.00. The van der Waals surface area contributed by atoms with E-state index >= 15 is 0 Å². The second-order valence-electron chi connectivity index (χ2n) is 8.58. The van der Waals surface area contributed by atoms with Crippen LogP contribution in [-0.2, 0) is 10.2 Å². The van der Waals surface area contributed by atoms with Crippen LogP contribution >= 0.6 is 0 Å². The van der Waals surface area contributed by atoms with Gasteiger partial charge in [-0.25, -0.2) is 0 Å². The van der Waals surface area contributed by atoms with Crippen LogP contribution in [0.1, 0.15) is 38.7 Å². The fourth-order valence-corrected chi connectivity index (χ4v) is 5.75. The Kier molecular flexibility index (Phi) is 4.52. The summed E-state index contributed by atoms with van der Waals surface area (Å²) in [6, 6.07) is 13.8. The molecule has 1 amide bonds. The summed E-state index contributed by atoms with van der Waals surface area (Å²) in [4.78, 5) is 15.8. The molecule has 4 atom stereocenters. The van der Waals surface area contributed by atoms with Gasteiger partial charge >= 0.3 is 0 Å². The molecule has 1 aliphatic heterocycles. The van der Waals surface area contributed by atoms with E-state index in [9.17, 15) is 20.6 Å². The van der Waals surface area contributed by atoms with Crippen molar-refractivity contribution >= 4 is 17.3 Å². The number of carbonyl (C=O) groups is 1. The van der Waals surface area contributed by atoms with Gasteiger partial charge in [0.15, 0.2) is 0 Å². The molecule has 2 aliphatic carbocycles. The molecule has 30 heavy (non-hydrogen) atoms. The first-order chi connectivity index (χ1) is 14.4. The Morgan fingerprint density at radius 2 is 1.93 bits per heavy atom. The Morgan fingerprint density at radius 3 is 2.57 bits per heavy atom. The van der Waals surface area contributed by atoms with Crippen molar-refractivity contribution in [2.75, 3.05) is 11.4 Å². The van der Waals surface area contributed by atoms with Crippen molar-refractivity contribution < 1.29 is 4.79 Å². The van der Waals surface area contributed by atoms with Crippen LogP contribution in [0.2, 0.25) is 0 Å². The first kappa shape index (κ1) is 19.9. The van der Waals surface area contributed by atoms with Gasteiger partial charge in [0, 0.05) is 18.2 Å². The second-order valence-corrected chi connectivity index (χ2v) is 8.58. The number of fused-ring (bicyclic) bond motifs is 4. The number of rotatable bonds is 2. The Hall–Kier alpha value is -3.43. The summed E-state index contributed by atoms with van der Waals surface area (Å²) in [5.74, 6) is -1.57. The molecule has 3 aliphatic rings. The highest BCUT2D eigenvalue weighted by Gasteiger charge is 2.69. The zero-order valence-electron chi connectivity index (χ0n) is 17.1. The predicted molar refractivity (Wildman–Crippen MR) is 111 cm³/mol. The fourth-order valence-electron chi connectivity index (χ4n) is 5.75. The molecule has 1 saturated carbocycles. The number of para-hydroxylation sites is 1. The number of nitrogens with zero attached hydrogens (tertiary/aromatic N) is 4. The van der Waals surface area contributed by atoms with E-state index in [-0.39, 0.29) is 17.5 Å². The van der Waals surface area contributed by atoms with Gasteiger partial charge in [0.1, 0.15) is 11.3 Å². The quantitative estimate of drug-likeness (QED) is 0.763. The van der Waals surface area contributed by atoms with Gasteiger partial charge in [-0.3, -0.25) is 4.79 Å². The lowest BCUT2D eigenvalue weighted by atomic mass is 9.46. The van der Waals surface area contributed by atoms with Crippen LogP contribution in [0.15, 0.2) is 35.9 Å². The molecule has 1 heterocycles. The van der Waals surface area contributed by atoms with Crippen molar-refractivity contribution in [1.82, 2.24) is 0 Å². The summed E-state index contributed by atoms with van der Waals surface area (Å²) in [7, 11) is 0. The van der Waals surface area contributed by atoms with Gasteiger partial charge in [-0.15, -0.1) is 0 Å². The van der Waals surface area contributed by atoms with Gasteiger partial charge in [0.05, 0.1) is 23.9 Å². The highest BCUT2D eigenvalue weighted by Crippen LogP contribution is 2.62. The van der Waals surface area contributed by atoms with E-state index in [4.69, 9.17) is 5.41 Å². The van der Waals surface area contributed by atoms with E-state index in [1.54, 1.807) is 4.90 Å². The molecule has 0 radical (unpaired) electrons. The SMILES string of the molecule is CCCN1C(=O)[C@]2(c3ccccc31)C(C#N)C(=N)C(C#N)(C#N)C1=CC[C@@H](C)C[C@@H]12. The van der Waals surface area contributed by atoms with Crippen LogP contribution in [0.3, 0.4) is 0 Å². The largest absolute Gasteiger partial charge is 0.311 e. The minimum Gasteiger partial charge on any atom is -0.311 e. The molecule has 0 aromatic heterocycles. The van der Waals surface area contributed by atoms with E-state index in [1.807, 2.05) is 49.4 Å². The number of allylic oxidation sites excluding steroid dienone is 2. The number of amides is 1. The lowest BCUT2D eigenvalue weighted by molar-refractivity contribution is -0.126. The number of nitriles is 3. The Balaban J connectivity index is 2.08. The number of anilines is 1. The predicted octanol–water partition coefficient (Wildman–Crippen LogP) is 3.86. The van der Waals surface area contributed by atoms with Crippen molar-refractivity contribution in [2.45, 2.75) is 38.5 Å². The third-order valence-electron chi connectivity index (χ3n) is 7.04. The summed E-state index contributed by atoms with van der Waals surface area (Å²) in [6.45, 7) is 4.60. The summed E-state index contributed by atoms with van der Waals surface area (Å²) >= 11 is 0. The van der Waals surface area contributed by atoms with Crippen molar-refractivity contribution in [3.63, 3.8) is 0 Å². The molecule has 0 bridgehead atoms. The van der Waals surface area contributed by atoms with Crippen LogP contribution in [0, 0.1) is 62.6 Å². The summed E-state index contributed by atoms with van der Waals surface area (Å²) in [5.41, 5.74) is -1.28. The first-order valence-corrected chi connectivity index (χ1v) is 10.4. The standard InChI is InChI=1S/C24H23N5O/c1-3-10-29-20-7-5-4-6-17(20)24(22(29)30)18-11-15(2)8-9-16(18)23(13-26,14-27)21(28)19(24)12-25/h4-7,9,15,18-19,28H,3,8,10-11H2,1-2H3/t15-,18+,19?,24+/m1/s1. The van der Waals surface area contributed by atoms with E-state index < -0.39 is 22.7 Å². The highest BCUT2D eigenvalue weighted by molar-refractivity contribution is 6.15. The molecule has 1 fully saturated rings. The number of carbonyl (C=O) groups excluding carboxylic acids is 1. The molecular weight excluding hydrogens is 374 g/mol.